The van der Waals surface area contributed by atoms with Crippen molar-refractivity contribution in [3.05, 3.63) is 0 Å². The molecule has 0 spiro atoms. The van der Waals surface area contributed by atoms with Crippen LogP contribution in [0.15, 0.2) is 0 Å². The Morgan fingerprint density at radius 1 is 1.30 bits per heavy atom. The van der Waals surface area contributed by atoms with Crippen molar-refractivity contribution in [3.8, 4) is 12.3 Å². The molecule has 3 N–H and O–H groups in total. The third-order valence-electron chi connectivity index (χ3n) is 2.32. The molecule has 0 bridgehead atoms. The van der Waals surface area contributed by atoms with Crippen molar-refractivity contribution in [3.63, 3.8) is 0 Å². The molecule has 0 aliphatic heterocycles. The van der Waals surface area contributed by atoms with Crippen LogP contribution in [0, 0.1) is 18.3 Å². The first-order valence-electron chi connectivity index (χ1n) is 6.00. The van der Waals surface area contributed by atoms with Crippen LogP contribution < -0.4 is 10.0 Å². The maximum Gasteiger partial charge on any atom is 0.327 e. The van der Waals surface area contributed by atoms with Crippen molar-refractivity contribution in [2.75, 3.05) is 6.26 Å². The lowest BCUT2D eigenvalue weighted by atomic mass is 10.0. The minimum absolute atomic E-state index is 0.0518. The summed E-state index contributed by atoms with van der Waals surface area (Å²) in [5, 5.41) is 11.1. The number of hydrogen-bond acceptors (Lipinski definition) is 4. The fourth-order valence-electron chi connectivity index (χ4n) is 1.53. The van der Waals surface area contributed by atoms with E-state index in [-0.39, 0.29) is 18.8 Å². The smallest absolute Gasteiger partial charge is 0.327 e. The molecule has 0 saturated carbocycles. The number of hydrogen-bond donors (Lipinski definition) is 3. The van der Waals surface area contributed by atoms with Crippen molar-refractivity contribution in [2.45, 2.75) is 38.8 Å². The average molecular weight is 304 g/mol. The zero-order valence-corrected chi connectivity index (χ0v) is 12.5. The summed E-state index contributed by atoms with van der Waals surface area (Å²) in [6, 6.07) is -2.26. The van der Waals surface area contributed by atoms with Crippen LogP contribution in [0.25, 0.3) is 0 Å². The number of sulfonamides is 1. The van der Waals surface area contributed by atoms with Gasteiger partial charge in [0.2, 0.25) is 15.9 Å². The van der Waals surface area contributed by atoms with E-state index in [1.54, 1.807) is 0 Å². The predicted octanol–water partition coefficient (Wildman–Crippen LogP) is -0.457. The third kappa shape index (κ3) is 7.76. The fourth-order valence-corrected chi connectivity index (χ4v) is 2.25. The molecule has 2 atom stereocenters. The number of carboxylic acids is 1. The average Bonchev–Trinajstić information content (AvgIpc) is 2.24. The molecule has 0 radical (unpaired) electrons. The van der Waals surface area contributed by atoms with Crippen molar-refractivity contribution in [1.82, 2.24) is 10.0 Å². The maximum absolute atomic E-state index is 12.0. The molecule has 114 valence electrons. The summed E-state index contributed by atoms with van der Waals surface area (Å²) in [4.78, 5) is 22.9. The second kappa shape index (κ2) is 7.87. The highest BCUT2D eigenvalue weighted by Crippen LogP contribution is 2.07. The molecule has 8 heteroatoms. The molecule has 20 heavy (non-hydrogen) atoms. The van der Waals surface area contributed by atoms with E-state index in [9.17, 15) is 18.0 Å². The van der Waals surface area contributed by atoms with Crippen molar-refractivity contribution < 1.29 is 23.1 Å². The summed E-state index contributed by atoms with van der Waals surface area (Å²) in [5.41, 5.74) is 0. The Labute approximate surface area is 119 Å². The number of carbonyl (C=O) groups excluding carboxylic acids is 1. The number of carbonyl (C=O) groups is 2. The highest BCUT2D eigenvalue weighted by atomic mass is 32.2. The van der Waals surface area contributed by atoms with E-state index in [2.05, 4.69) is 16.0 Å². The Hall–Kier alpha value is -1.59. The van der Waals surface area contributed by atoms with Gasteiger partial charge in [0.1, 0.15) is 12.1 Å². The lowest BCUT2D eigenvalue weighted by molar-refractivity contribution is -0.141. The second-order valence-electron chi connectivity index (χ2n) is 4.88. The van der Waals surface area contributed by atoms with Gasteiger partial charge < -0.3 is 10.4 Å². The largest absolute Gasteiger partial charge is 0.480 e. The fraction of sp³-hybridized carbons (Fsp3) is 0.667. The topological polar surface area (TPSA) is 113 Å². The summed E-state index contributed by atoms with van der Waals surface area (Å²) in [7, 11) is -3.58. The van der Waals surface area contributed by atoms with Gasteiger partial charge in [-0.2, -0.15) is 0 Å². The lowest BCUT2D eigenvalue weighted by Gasteiger charge is -2.21. The monoisotopic (exact) mass is 304 g/mol. The molecule has 2 unspecified atom stereocenters. The first-order chi connectivity index (χ1) is 9.06. The minimum Gasteiger partial charge on any atom is -0.480 e. The molecule has 0 aliphatic rings. The molecule has 0 aliphatic carbocycles. The Morgan fingerprint density at radius 3 is 2.20 bits per heavy atom. The molecule has 0 saturated heterocycles. The summed E-state index contributed by atoms with van der Waals surface area (Å²) >= 11 is 0. The van der Waals surface area contributed by atoms with Gasteiger partial charge in [-0.1, -0.05) is 13.8 Å². The molecular weight excluding hydrogens is 284 g/mol. The van der Waals surface area contributed by atoms with E-state index >= 15 is 0 Å². The molecular formula is C12H20N2O5S. The summed E-state index contributed by atoms with van der Waals surface area (Å²) in [5.74, 6) is 0.233. The van der Waals surface area contributed by atoms with Gasteiger partial charge in [0.15, 0.2) is 0 Å². The Bertz CT molecular complexity index is 492. The third-order valence-corrected chi connectivity index (χ3v) is 3.03. The van der Waals surface area contributed by atoms with Crippen LogP contribution in [0.4, 0.5) is 0 Å². The maximum atomic E-state index is 12.0. The van der Waals surface area contributed by atoms with Crippen molar-refractivity contribution in [1.29, 1.82) is 0 Å². The zero-order chi connectivity index (χ0) is 15.9. The van der Waals surface area contributed by atoms with Gasteiger partial charge in [0.05, 0.1) is 6.26 Å². The van der Waals surface area contributed by atoms with E-state index in [0.717, 1.165) is 6.26 Å². The summed E-state index contributed by atoms with van der Waals surface area (Å²) in [6.45, 7) is 3.64. The Morgan fingerprint density at radius 2 is 1.85 bits per heavy atom. The highest BCUT2D eigenvalue weighted by molar-refractivity contribution is 7.88. The van der Waals surface area contributed by atoms with Crippen LogP contribution in [-0.2, 0) is 19.6 Å². The SMILES string of the molecule is C#CCC(NC(=O)C(CC(C)C)NS(C)(=O)=O)C(=O)O. The van der Waals surface area contributed by atoms with Gasteiger partial charge in [-0.3, -0.25) is 4.79 Å². The van der Waals surface area contributed by atoms with E-state index in [4.69, 9.17) is 11.5 Å². The van der Waals surface area contributed by atoms with Crippen LogP contribution in [0.3, 0.4) is 0 Å². The molecule has 0 heterocycles. The number of rotatable bonds is 8. The summed E-state index contributed by atoms with van der Waals surface area (Å²) < 4.78 is 24.7. The van der Waals surface area contributed by atoms with Crippen molar-refractivity contribution >= 4 is 21.9 Å². The molecule has 7 nitrogen and oxygen atoms in total. The molecule has 1 amide bonds. The first kappa shape index (κ1) is 18.4. The number of nitrogens with one attached hydrogen (secondary N) is 2. The second-order valence-corrected chi connectivity index (χ2v) is 6.66. The van der Waals surface area contributed by atoms with Crippen LogP contribution >= 0.6 is 0 Å². The van der Waals surface area contributed by atoms with Gasteiger partial charge in [-0.15, -0.1) is 12.3 Å². The zero-order valence-electron chi connectivity index (χ0n) is 11.7. The van der Waals surface area contributed by atoms with E-state index in [1.165, 1.54) is 0 Å². The quantitative estimate of drug-likeness (QED) is 0.525. The first-order valence-corrected chi connectivity index (χ1v) is 7.90. The van der Waals surface area contributed by atoms with Gasteiger partial charge in [0.25, 0.3) is 0 Å². The van der Waals surface area contributed by atoms with Crippen LogP contribution in [0.2, 0.25) is 0 Å². The number of carboxylic acid groups (broad SMARTS) is 1. The molecule has 0 aromatic carbocycles. The normalized spacial score (nSPS) is 14.3. The molecule has 0 rings (SSSR count). The number of amides is 1. The minimum atomic E-state index is -3.58. The van der Waals surface area contributed by atoms with Gasteiger partial charge in [0, 0.05) is 6.42 Å². The van der Waals surface area contributed by atoms with E-state index in [0.29, 0.717) is 0 Å². The summed E-state index contributed by atoms with van der Waals surface area (Å²) in [6.07, 6.45) is 6.04. The lowest BCUT2D eigenvalue weighted by Crippen LogP contribution is -2.51. The van der Waals surface area contributed by atoms with Crippen LogP contribution in [-0.4, -0.2) is 43.7 Å². The number of aliphatic carboxylic acids is 1. The van der Waals surface area contributed by atoms with Gasteiger partial charge in [-0.25, -0.2) is 17.9 Å². The molecule has 0 aromatic rings. The van der Waals surface area contributed by atoms with E-state index < -0.39 is 34.0 Å². The Kier molecular flexibility index (Phi) is 7.24. The van der Waals surface area contributed by atoms with Gasteiger partial charge >= 0.3 is 5.97 Å². The Balaban J connectivity index is 4.94. The predicted molar refractivity (Wildman–Crippen MR) is 74.2 cm³/mol. The van der Waals surface area contributed by atoms with Gasteiger partial charge in [-0.05, 0) is 12.3 Å². The van der Waals surface area contributed by atoms with E-state index in [1.807, 2.05) is 13.8 Å². The molecule has 0 aromatic heterocycles. The number of terminal acetylenes is 1. The highest BCUT2D eigenvalue weighted by Gasteiger charge is 2.27. The van der Waals surface area contributed by atoms with Crippen LogP contribution in [0.1, 0.15) is 26.7 Å². The van der Waals surface area contributed by atoms with Crippen LogP contribution in [0.5, 0.6) is 0 Å². The standard InChI is InChI=1S/C12H20N2O5S/c1-5-6-9(12(16)17)13-11(15)10(7-8(2)3)14-20(4,18)19/h1,8-10,14H,6-7H2,2-4H3,(H,13,15)(H,16,17). The van der Waals surface area contributed by atoms with Crippen molar-refractivity contribution in [2.24, 2.45) is 5.92 Å². The molecule has 0 fully saturated rings.